The molecule has 0 saturated heterocycles. The van der Waals surface area contributed by atoms with Crippen molar-refractivity contribution in [1.29, 1.82) is 0 Å². The van der Waals surface area contributed by atoms with Gasteiger partial charge in [0.2, 0.25) is 0 Å². The maximum absolute atomic E-state index is 9.86. The molecular weight excluding hydrogens is 152 g/mol. The van der Waals surface area contributed by atoms with Crippen molar-refractivity contribution in [2.24, 2.45) is 0 Å². The van der Waals surface area contributed by atoms with Crippen LogP contribution >= 0.6 is 0 Å². The van der Waals surface area contributed by atoms with Gasteiger partial charge in [0.25, 0.3) is 0 Å². The van der Waals surface area contributed by atoms with E-state index in [0.717, 1.165) is 32.3 Å². The van der Waals surface area contributed by atoms with Gasteiger partial charge in [0.15, 0.2) is 0 Å². The van der Waals surface area contributed by atoms with E-state index < -0.39 is 0 Å². The van der Waals surface area contributed by atoms with Crippen LogP contribution in [0, 0.1) is 0 Å². The largest absolute Gasteiger partial charge is 0.390 e. The molecule has 1 rings (SSSR count). The average molecular weight is 172 g/mol. The first-order valence-corrected chi connectivity index (χ1v) is 5.04. The monoisotopic (exact) mass is 172 g/mol. The number of hydrogen-bond acceptors (Lipinski definition) is 2. The zero-order valence-corrected chi connectivity index (χ0v) is 8.18. The Kier molecular flexibility index (Phi) is 3.53. The molecule has 1 N–H and O–H groups in total. The van der Waals surface area contributed by atoms with Crippen molar-refractivity contribution in [3.05, 3.63) is 0 Å². The van der Waals surface area contributed by atoms with Crippen LogP contribution in [-0.2, 0) is 4.74 Å². The third-order valence-corrected chi connectivity index (χ3v) is 2.61. The fraction of sp³-hybridized carbons (Fsp3) is 1.00. The van der Waals surface area contributed by atoms with Crippen LogP contribution < -0.4 is 0 Å². The molecular formula is C10H20O2. The Hall–Kier alpha value is -0.0800. The van der Waals surface area contributed by atoms with E-state index in [-0.39, 0.29) is 5.60 Å². The molecule has 0 aromatic heterocycles. The second-order valence-corrected chi connectivity index (χ2v) is 3.81. The zero-order valence-electron chi connectivity index (χ0n) is 8.18. The minimum absolute atomic E-state index is 0.330. The summed E-state index contributed by atoms with van der Waals surface area (Å²) >= 11 is 0. The normalized spacial score (nSPS) is 34.8. The molecule has 2 heteroatoms. The van der Waals surface area contributed by atoms with Crippen molar-refractivity contribution in [3.8, 4) is 0 Å². The van der Waals surface area contributed by atoms with Gasteiger partial charge in [0.05, 0.1) is 11.7 Å². The molecule has 0 amide bonds. The molecule has 0 heterocycles. The summed E-state index contributed by atoms with van der Waals surface area (Å²) in [6.45, 7) is 4.93. The lowest BCUT2D eigenvalue weighted by Gasteiger charge is -2.43. The van der Waals surface area contributed by atoms with Crippen LogP contribution in [0.3, 0.4) is 0 Å². The van der Waals surface area contributed by atoms with Crippen LogP contribution in [0.25, 0.3) is 0 Å². The highest BCUT2D eigenvalue weighted by Crippen LogP contribution is 2.38. The first kappa shape index (κ1) is 10.0. The molecule has 0 atom stereocenters. The highest BCUT2D eigenvalue weighted by Gasteiger charge is 2.42. The van der Waals surface area contributed by atoms with Crippen LogP contribution in [0.4, 0.5) is 0 Å². The Morgan fingerprint density at radius 1 is 1.42 bits per heavy atom. The van der Waals surface area contributed by atoms with E-state index in [1.807, 2.05) is 6.92 Å². The molecule has 72 valence electrons. The average Bonchev–Trinajstić information content (AvgIpc) is 1.99. The molecule has 1 aliphatic carbocycles. The molecule has 0 aromatic carbocycles. The van der Waals surface area contributed by atoms with Crippen molar-refractivity contribution < 1.29 is 9.84 Å². The van der Waals surface area contributed by atoms with Crippen molar-refractivity contribution in [1.82, 2.24) is 0 Å². The number of ether oxygens (including phenoxy) is 1. The summed E-state index contributed by atoms with van der Waals surface area (Å²) < 4.78 is 5.39. The Morgan fingerprint density at radius 3 is 2.58 bits per heavy atom. The van der Waals surface area contributed by atoms with Crippen LogP contribution in [0.1, 0.15) is 46.0 Å². The summed E-state index contributed by atoms with van der Waals surface area (Å²) in [5.74, 6) is 0. The minimum atomic E-state index is -0.379. The van der Waals surface area contributed by atoms with Crippen molar-refractivity contribution in [2.45, 2.75) is 57.7 Å². The molecule has 2 nitrogen and oxygen atoms in total. The second-order valence-electron chi connectivity index (χ2n) is 3.81. The molecule has 0 radical (unpaired) electrons. The number of unbranched alkanes of at least 4 members (excludes halogenated alkanes) is 1. The molecule has 1 saturated carbocycles. The van der Waals surface area contributed by atoms with Gasteiger partial charge < -0.3 is 9.84 Å². The molecule has 12 heavy (non-hydrogen) atoms. The second kappa shape index (κ2) is 4.24. The van der Waals surface area contributed by atoms with Gasteiger partial charge in [0.1, 0.15) is 0 Å². The molecule has 1 fully saturated rings. The summed E-state index contributed by atoms with van der Waals surface area (Å²) in [5, 5.41) is 9.86. The predicted octanol–water partition coefficient (Wildman–Crippen LogP) is 2.11. The van der Waals surface area contributed by atoms with E-state index in [0.29, 0.717) is 6.10 Å². The van der Waals surface area contributed by atoms with Gasteiger partial charge in [-0.25, -0.2) is 0 Å². The lowest BCUT2D eigenvalue weighted by molar-refractivity contribution is -0.141. The van der Waals surface area contributed by atoms with E-state index in [1.54, 1.807) is 0 Å². The summed E-state index contributed by atoms with van der Waals surface area (Å²) in [4.78, 5) is 0. The quantitative estimate of drug-likeness (QED) is 0.688. The zero-order chi connectivity index (χ0) is 9.03. The SMILES string of the molecule is CCCCC1(O)CC(OCC)C1. The summed E-state index contributed by atoms with van der Waals surface area (Å²) in [6.07, 6.45) is 5.28. The highest BCUT2D eigenvalue weighted by molar-refractivity contribution is 4.94. The third-order valence-electron chi connectivity index (χ3n) is 2.61. The van der Waals surface area contributed by atoms with Gasteiger partial charge >= 0.3 is 0 Å². The van der Waals surface area contributed by atoms with Gasteiger partial charge in [-0.05, 0) is 13.3 Å². The maximum atomic E-state index is 9.86. The Bertz CT molecular complexity index is 128. The Balaban J connectivity index is 2.12. The summed E-state index contributed by atoms with van der Waals surface area (Å²) in [6, 6.07) is 0. The lowest BCUT2D eigenvalue weighted by Crippen LogP contribution is -2.48. The van der Waals surface area contributed by atoms with E-state index >= 15 is 0 Å². The van der Waals surface area contributed by atoms with E-state index in [9.17, 15) is 5.11 Å². The predicted molar refractivity (Wildman–Crippen MR) is 49.1 cm³/mol. The lowest BCUT2D eigenvalue weighted by atomic mass is 9.74. The Labute approximate surface area is 74.9 Å². The number of rotatable bonds is 5. The molecule has 0 spiro atoms. The molecule has 1 aliphatic rings. The van der Waals surface area contributed by atoms with Gasteiger partial charge in [-0.2, -0.15) is 0 Å². The topological polar surface area (TPSA) is 29.5 Å². The van der Waals surface area contributed by atoms with Crippen molar-refractivity contribution in [2.75, 3.05) is 6.61 Å². The minimum Gasteiger partial charge on any atom is -0.390 e. The summed E-state index contributed by atoms with van der Waals surface area (Å²) in [7, 11) is 0. The standard InChI is InChI=1S/C10H20O2/c1-3-5-6-10(11)7-9(8-10)12-4-2/h9,11H,3-8H2,1-2H3. The maximum Gasteiger partial charge on any atom is 0.0697 e. The number of hydrogen-bond donors (Lipinski definition) is 1. The molecule has 0 bridgehead atoms. The van der Waals surface area contributed by atoms with Crippen molar-refractivity contribution >= 4 is 0 Å². The molecule has 0 aromatic rings. The fourth-order valence-electron chi connectivity index (χ4n) is 1.85. The van der Waals surface area contributed by atoms with E-state index in [4.69, 9.17) is 4.74 Å². The Morgan fingerprint density at radius 2 is 2.08 bits per heavy atom. The van der Waals surface area contributed by atoms with E-state index in [1.165, 1.54) is 6.42 Å². The van der Waals surface area contributed by atoms with Crippen LogP contribution in [0.5, 0.6) is 0 Å². The first-order chi connectivity index (χ1) is 5.70. The van der Waals surface area contributed by atoms with Gasteiger partial charge in [-0.1, -0.05) is 19.8 Å². The van der Waals surface area contributed by atoms with Crippen LogP contribution in [-0.4, -0.2) is 23.4 Å². The summed E-state index contributed by atoms with van der Waals surface area (Å²) in [5.41, 5.74) is -0.379. The van der Waals surface area contributed by atoms with Crippen LogP contribution in [0.15, 0.2) is 0 Å². The molecule has 0 unspecified atom stereocenters. The highest BCUT2D eigenvalue weighted by atomic mass is 16.5. The van der Waals surface area contributed by atoms with Gasteiger partial charge in [-0.3, -0.25) is 0 Å². The first-order valence-electron chi connectivity index (χ1n) is 5.04. The van der Waals surface area contributed by atoms with Gasteiger partial charge in [-0.15, -0.1) is 0 Å². The van der Waals surface area contributed by atoms with Crippen LogP contribution in [0.2, 0.25) is 0 Å². The van der Waals surface area contributed by atoms with E-state index in [2.05, 4.69) is 6.92 Å². The van der Waals surface area contributed by atoms with Crippen molar-refractivity contribution in [3.63, 3.8) is 0 Å². The smallest absolute Gasteiger partial charge is 0.0697 e. The third kappa shape index (κ3) is 2.46. The number of aliphatic hydroxyl groups is 1. The fourth-order valence-corrected chi connectivity index (χ4v) is 1.85. The van der Waals surface area contributed by atoms with Gasteiger partial charge in [0, 0.05) is 19.4 Å². The molecule has 0 aliphatic heterocycles.